The molecule has 15 heavy (non-hydrogen) atoms. The molecule has 0 amide bonds. The van der Waals surface area contributed by atoms with E-state index in [1.165, 1.54) is 12.6 Å². The molecule has 0 unspecified atom stereocenters. The third kappa shape index (κ3) is 2.36. The molecule has 78 valence electrons. The lowest BCUT2D eigenvalue weighted by molar-refractivity contribution is 0.258. The number of hydrogen-bond acceptors (Lipinski definition) is 3. The number of halogens is 2. The van der Waals surface area contributed by atoms with Crippen molar-refractivity contribution >= 4 is 15.9 Å². The zero-order valence-electron chi connectivity index (χ0n) is 7.61. The van der Waals surface area contributed by atoms with Crippen LogP contribution in [0.5, 0.6) is 5.75 Å². The molecule has 0 aliphatic heterocycles. The van der Waals surface area contributed by atoms with Gasteiger partial charge in [-0.15, -0.1) is 0 Å². The van der Waals surface area contributed by atoms with Crippen molar-refractivity contribution in [3.05, 3.63) is 46.8 Å². The lowest BCUT2D eigenvalue weighted by Crippen LogP contribution is -1.96. The highest BCUT2D eigenvalue weighted by molar-refractivity contribution is 9.10. The number of nitrogens with zero attached hydrogens (tertiary/aromatic N) is 1. The van der Waals surface area contributed by atoms with Gasteiger partial charge in [0.25, 0.3) is 0 Å². The van der Waals surface area contributed by atoms with Crippen LogP contribution in [0.15, 0.2) is 39.7 Å². The molecule has 1 aromatic carbocycles. The van der Waals surface area contributed by atoms with Gasteiger partial charge in [-0.2, -0.15) is 0 Å². The van der Waals surface area contributed by atoms with E-state index in [1.54, 1.807) is 18.2 Å². The third-order valence-corrected chi connectivity index (χ3v) is 2.38. The van der Waals surface area contributed by atoms with E-state index in [1.807, 2.05) is 0 Å². The fourth-order valence-corrected chi connectivity index (χ4v) is 1.41. The van der Waals surface area contributed by atoms with E-state index in [2.05, 4.69) is 20.9 Å². The van der Waals surface area contributed by atoms with Crippen molar-refractivity contribution in [2.75, 3.05) is 0 Å². The van der Waals surface area contributed by atoms with Crippen molar-refractivity contribution in [1.29, 1.82) is 0 Å². The summed E-state index contributed by atoms with van der Waals surface area (Å²) in [6.45, 7) is 0.160. The van der Waals surface area contributed by atoms with Crippen molar-refractivity contribution < 1.29 is 13.5 Å². The first kappa shape index (κ1) is 10.2. The summed E-state index contributed by atoms with van der Waals surface area (Å²) in [5.41, 5.74) is 0. The van der Waals surface area contributed by atoms with E-state index < -0.39 is 5.82 Å². The van der Waals surface area contributed by atoms with Crippen LogP contribution in [0.1, 0.15) is 5.76 Å². The maximum atomic E-state index is 13.4. The largest absolute Gasteiger partial charge is 0.482 e. The number of ether oxygens (including phenoxy) is 1. The first-order valence-corrected chi connectivity index (χ1v) is 5.01. The molecule has 0 saturated carbocycles. The van der Waals surface area contributed by atoms with Crippen LogP contribution < -0.4 is 4.74 Å². The summed E-state index contributed by atoms with van der Waals surface area (Å²) in [7, 11) is 0. The molecule has 0 aliphatic carbocycles. The van der Waals surface area contributed by atoms with Gasteiger partial charge >= 0.3 is 0 Å². The van der Waals surface area contributed by atoms with Crippen LogP contribution in [0.3, 0.4) is 0 Å². The molecular weight excluding hydrogens is 265 g/mol. The first-order chi connectivity index (χ1) is 7.27. The fraction of sp³-hybridized carbons (Fsp3) is 0.100. The van der Waals surface area contributed by atoms with Crippen LogP contribution in [0.2, 0.25) is 0 Å². The molecule has 0 N–H and O–H groups in total. The van der Waals surface area contributed by atoms with Crippen molar-refractivity contribution in [2.24, 2.45) is 0 Å². The molecule has 0 fully saturated rings. The molecule has 0 radical (unpaired) electrons. The predicted molar refractivity (Wildman–Crippen MR) is 54.9 cm³/mol. The SMILES string of the molecule is Fc1c(Br)cccc1OCc1cnco1. The maximum Gasteiger partial charge on any atom is 0.181 e. The van der Waals surface area contributed by atoms with Crippen LogP contribution in [0.25, 0.3) is 0 Å². The lowest BCUT2D eigenvalue weighted by atomic mass is 10.3. The number of aromatic nitrogens is 1. The summed E-state index contributed by atoms with van der Waals surface area (Å²) in [4.78, 5) is 3.72. The Kier molecular flexibility index (Phi) is 3.01. The summed E-state index contributed by atoms with van der Waals surface area (Å²) in [5.74, 6) is 0.312. The van der Waals surface area contributed by atoms with Crippen LogP contribution in [0.4, 0.5) is 4.39 Å². The van der Waals surface area contributed by atoms with Crippen LogP contribution in [0, 0.1) is 5.82 Å². The zero-order chi connectivity index (χ0) is 10.7. The molecule has 2 rings (SSSR count). The minimum atomic E-state index is -0.419. The number of benzene rings is 1. The first-order valence-electron chi connectivity index (χ1n) is 4.21. The fourth-order valence-electron chi connectivity index (χ4n) is 1.06. The summed E-state index contributed by atoms with van der Waals surface area (Å²) >= 11 is 3.07. The molecule has 1 aromatic heterocycles. The van der Waals surface area contributed by atoms with Crippen molar-refractivity contribution in [2.45, 2.75) is 6.61 Å². The Labute approximate surface area is 94.0 Å². The molecule has 5 heteroatoms. The summed E-state index contributed by atoms with van der Waals surface area (Å²) in [6.07, 6.45) is 2.83. The Morgan fingerprint density at radius 2 is 2.33 bits per heavy atom. The lowest BCUT2D eigenvalue weighted by Gasteiger charge is -2.05. The van der Waals surface area contributed by atoms with Gasteiger partial charge in [0.05, 0.1) is 10.7 Å². The van der Waals surface area contributed by atoms with Gasteiger partial charge in [-0.3, -0.25) is 0 Å². The molecule has 0 atom stereocenters. The highest BCUT2D eigenvalue weighted by Crippen LogP contribution is 2.25. The molecule has 2 aromatic rings. The molecule has 0 saturated heterocycles. The Morgan fingerprint density at radius 1 is 1.47 bits per heavy atom. The monoisotopic (exact) mass is 271 g/mol. The molecule has 0 bridgehead atoms. The van der Waals surface area contributed by atoms with Gasteiger partial charge in [-0.1, -0.05) is 6.07 Å². The van der Waals surface area contributed by atoms with Gasteiger partial charge in [0.15, 0.2) is 23.7 Å². The van der Waals surface area contributed by atoms with Gasteiger partial charge in [0.1, 0.15) is 6.61 Å². The standard InChI is InChI=1S/C10H7BrFNO2/c11-8-2-1-3-9(10(8)12)14-5-7-4-13-6-15-7/h1-4,6H,5H2. The van der Waals surface area contributed by atoms with Gasteiger partial charge in [0.2, 0.25) is 0 Å². The van der Waals surface area contributed by atoms with E-state index in [0.29, 0.717) is 10.2 Å². The number of hydrogen-bond donors (Lipinski definition) is 0. The van der Waals surface area contributed by atoms with E-state index in [4.69, 9.17) is 9.15 Å². The average molecular weight is 272 g/mol. The molecule has 1 heterocycles. The smallest absolute Gasteiger partial charge is 0.181 e. The molecule has 0 aliphatic rings. The summed E-state index contributed by atoms with van der Waals surface area (Å²) in [6, 6.07) is 4.86. The Morgan fingerprint density at radius 3 is 3.07 bits per heavy atom. The third-order valence-electron chi connectivity index (χ3n) is 1.77. The van der Waals surface area contributed by atoms with Crippen molar-refractivity contribution in [3.8, 4) is 5.75 Å². The average Bonchev–Trinajstić information content (AvgIpc) is 2.73. The van der Waals surface area contributed by atoms with Gasteiger partial charge < -0.3 is 9.15 Å². The van der Waals surface area contributed by atoms with Gasteiger partial charge in [-0.25, -0.2) is 9.37 Å². The molecule has 0 spiro atoms. The Balaban J connectivity index is 2.08. The summed E-state index contributed by atoms with van der Waals surface area (Å²) < 4.78 is 24.0. The van der Waals surface area contributed by atoms with Gasteiger partial charge in [0, 0.05) is 0 Å². The summed E-state index contributed by atoms with van der Waals surface area (Å²) in [5, 5.41) is 0. The van der Waals surface area contributed by atoms with Crippen molar-refractivity contribution in [3.63, 3.8) is 0 Å². The van der Waals surface area contributed by atoms with Crippen LogP contribution >= 0.6 is 15.9 Å². The van der Waals surface area contributed by atoms with Crippen LogP contribution in [-0.2, 0) is 6.61 Å². The number of oxazole rings is 1. The van der Waals surface area contributed by atoms with E-state index in [0.717, 1.165) is 0 Å². The quantitative estimate of drug-likeness (QED) is 0.860. The minimum Gasteiger partial charge on any atom is -0.482 e. The molecule has 3 nitrogen and oxygen atoms in total. The van der Waals surface area contributed by atoms with Crippen molar-refractivity contribution in [1.82, 2.24) is 4.98 Å². The normalized spacial score (nSPS) is 10.3. The second kappa shape index (κ2) is 4.44. The van der Waals surface area contributed by atoms with Gasteiger partial charge in [-0.05, 0) is 28.1 Å². The van der Waals surface area contributed by atoms with Crippen LogP contribution in [-0.4, -0.2) is 4.98 Å². The number of rotatable bonds is 3. The Bertz CT molecular complexity index is 445. The second-order valence-electron chi connectivity index (χ2n) is 2.81. The highest BCUT2D eigenvalue weighted by Gasteiger charge is 2.07. The molecular formula is C10H7BrFNO2. The van der Waals surface area contributed by atoms with E-state index in [-0.39, 0.29) is 12.4 Å². The van der Waals surface area contributed by atoms with E-state index in [9.17, 15) is 4.39 Å². The Hall–Kier alpha value is -1.36. The zero-order valence-corrected chi connectivity index (χ0v) is 9.20. The minimum absolute atomic E-state index is 0.160. The maximum absolute atomic E-state index is 13.4. The highest BCUT2D eigenvalue weighted by atomic mass is 79.9. The van der Waals surface area contributed by atoms with E-state index >= 15 is 0 Å². The topological polar surface area (TPSA) is 35.3 Å². The second-order valence-corrected chi connectivity index (χ2v) is 3.66. The predicted octanol–water partition coefficient (Wildman–Crippen LogP) is 3.16.